The summed E-state index contributed by atoms with van der Waals surface area (Å²) in [6, 6.07) is 11.1. The Morgan fingerprint density at radius 1 is 1.00 bits per heavy atom. The molecule has 1 radical (unpaired) electrons. The molecule has 0 bridgehead atoms. The molecule has 0 fully saturated rings. The number of rotatable bonds is 6. The van der Waals surface area contributed by atoms with Gasteiger partial charge in [-0.15, -0.1) is 0 Å². The molecule has 1 N–H and O–H groups in total. The van der Waals surface area contributed by atoms with Gasteiger partial charge in [-0.3, -0.25) is 0 Å². The standard InChI is InChI=1S/C20H20BF3NO3/c1-18(2,26)19(3,4)28-21-14-6-8-15(9-7-14)27-17-10-5-13(12-25)11-16(17)20(22,23)24/h5-11,26H,1-4H3. The summed E-state index contributed by atoms with van der Waals surface area (Å²) in [6.45, 7) is 6.75. The van der Waals surface area contributed by atoms with E-state index in [1.807, 2.05) is 0 Å². The Kier molecular flexibility index (Phi) is 6.12. The van der Waals surface area contributed by atoms with Crippen molar-refractivity contribution in [3.05, 3.63) is 53.6 Å². The fourth-order valence-electron chi connectivity index (χ4n) is 2.01. The predicted molar refractivity (Wildman–Crippen MR) is 99.5 cm³/mol. The third-order valence-corrected chi connectivity index (χ3v) is 4.48. The van der Waals surface area contributed by atoms with Crippen LogP contribution in [0.3, 0.4) is 0 Å². The van der Waals surface area contributed by atoms with Crippen LogP contribution in [0.2, 0.25) is 0 Å². The van der Waals surface area contributed by atoms with Crippen LogP contribution in [-0.2, 0) is 10.8 Å². The zero-order chi connectivity index (χ0) is 21.2. The van der Waals surface area contributed by atoms with E-state index in [1.165, 1.54) is 25.7 Å². The maximum Gasteiger partial charge on any atom is 0.420 e. The van der Waals surface area contributed by atoms with Crippen molar-refractivity contribution in [2.75, 3.05) is 0 Å². The van der Waals surface area contributed by atoms with Gasteiger partial charge in [0, 0.05) is 0 Å². The number of halogens is 3. The molecular formula is C20H20BF3NO3. The second-order valence-corrected chi connectivity index (χ2v) is 7.30. The minimum atomic E-state index is -4.65. The number of hydrogen-bond acceptors (Lipinski definition) is 4. The monoisotopic (exact) mass is 390 g/mol. The van der Waals surface area contributed by atoms with Crippen LogP contribution < -0.4 is 10.2 Å². The van der Waals surface area contributed by atoms with E-state index in [4.69, 9.17) is 14.7 Å². The molecule has 2 rings (SSSR count). The zero-order valence-corrected chi connectivity index (χ0v) is 16.0. The van der Waals surface area contributed by atoms with Gasteiger partial charge in [0.2, 0.25) is 0 Å². The maximum absolute atomic E-state index is 13.2. The molecule has 0 saturated carbocycles. The van der Waals surface area contributed by atoms with Crippen LogP contribution >= 0.6 is 0 Å². The minimum Gasteiger partial charge on any atom is -0.457 e. The third-order valence-electron chi connectivity index (χ3n) is 4.48. The van der Waals surface area contributed by atoms with Gasteiger partial charge in [0.05, 0.1) is 28.4 Å². The van der Waals surface area contributed by atoms with Crippen LogP contribution in [0, 0.1) is 11.3 Å². The molecule has 0 spiro atoms. The largest absolute Gasteiger partial charge is 0.457 e. The molecule has 28 heavy (non-hydrogen) atoms. The Hall–Kier alpha value is -2.50. The van der Waals surface area contributed by atoms with Gasteiger partial charge in [0.25, 0.3) is 0 Å². The lowest BCUT2D eigenvalue weighted by molar-refractivity contribution is -0.138. The van der Waals surface area contributed by atoms with Gasteiger partial charge in [-0.1, -0.05) is 17.6 Å². The Labute approximate surface area is 162 Å². The molecule has 4 nitrogen and oxygen atoms in total. The van der Waals surface area contributed by atoms with Crippen molar-refractivity contribution in [3.8, 4) is 17.6 Å². The van der Waals surface area contributed by atoms with E-state index in [0.29, 0.717) is 5.46 Å². The number of ether oxygens (including phenoxy) is 1. The van der Waals surface area contributed by atoms with Gasteiger partial charge in [-0.25, -0.2) is 0 Å². The van der Waals surface area contributed by atoms with E-state index in [9.17, 15) is 18.3 Å². The average molecular weight is 390 g/mol. The second kappa shape index (κ2) is 7.86. The highest BCUT2D eigenvalue weighted by molar-refractivity contribution is 6.47. The first-order valence-electron chi connectivity index (χ1n) is 8.46. The molecule has 2 aromatic carbocycles. The minimum absolute atomic E-state index is 0.101. The molecule has 0 aliphatic carbocycles. The van der Waals surface area contributed by atoms with Gasteiger partial charge < -0.3 is 14.5 Å². The van der Waals surface area contributed by atoms with Crippen LogP contribution in [0.1, 0.15) is 38.8 Å². The van der Waals surface area contributed by atoms with Gasteiger partial charge in [0.1, 0.15) is 11.5 Å². The summed E-state index contributed by atoms with van der Waals surface area (Å²) >= 11 is 0. The molecule has 0 atom stereocenters. The summed E-state index contributed by atoms with van der Waals surface area (Å²) in [5.74, 6) is -0.184. The molecule has 8 heteroatoms. The summed E-state index contributed by atoms with van der Waals surface area (Å²) in [6.07, 6.45) is -4.65. The molecule has 0 unspecified atom stereocenters. The first kappa shape index (κ1) is 21.8. The smallest absolute Gasteiger partial charge is 0.420 e. The number of aliphatic hydroxyl groups is 1. The number of nitrogens with zero attached hydrogens (tertiary/aromatic N) is 1. The molecular weight excluding hydrogens is 370 g/mol. The van der Waals surface area contributed by atoms with Crippen molar-refractivity contribution < 1.29 is 27.7 Å². The van der Waals surface area contributed by atoms with E-state index in [0.717, 1.165) is 12.1 Å². The first-order valence-corrected chi connectivity index (χ1v) is 8.46. The molecule has 0 aromatic heterocycles. The molecule has 0 aliphatic rings. The van der Waals surface area contributed by atoms with Crippen molar-refractivity contribution in [1.82, 2.24) is 0 Å². The van der Waals surface area contributed by atoms with E-state index in [1.54, 1.807) is 45.9 Å². The zero-order valence-electron chi connectivity index (χ0n) is 16.0. The molecule has 147 valence electrons. The summed E-state index contributed by atoms with van der Waals surface area (Å²) in [4.78, 5) is 0. The number of nitriles is 1. The third kappa shape index (κ3) is 5.28. The summed E-state index contributed by atoms with van der Waals surface area (Å²) in [5.41, 5.74) is -2.38. The molecule has 0 saturated heterocycles. The Bertz CT molecular complexity index is 866. The molecule has 0 amide bonds. The normalized spacial score (nSPS) is 12.4. The lowest BCUT2D eigenvalue weighted by atomic mass is 9.82. The molecule has 0 heterocycles. The van der Waals surface area contributed by atoms with Gasteiger partial charge in [-0.2, -0.15) is 18.4 Å². The SMILES string of the molecule is CC(C)(O)C(C)(C)O[B]c1ccc(Oc2ccc(C#N)cc2C(F)(F)F)cc1. The molecule has 2 aromatic rings. The number of hydrogen-bond donors (Lipinski definition) is 1. The van der Waals surface area contributed by atoms with Crippen LogP contribution in [0.4, 0.5) is 13.2 Å². The van der Waals surface area contributed by atoms with Crippen molar-refractivity contribution in [1.29, 1.82) is 5.26 Å². The highest BCUT2D eigenvalue weighted by atomic mass is 19.4. The van der Waals surface area contributed by atoms with Gasteiger partial charge in [-0.05, 0) is 58.0 Å². The van der Waals surface area contributed by atoms with Crippen LogP contribution in [0.5, 0.6) is 11.5 Å². The maximum atomic E-state index is 13.2. The number of benzene rings is 2. The Morgan fingerprint density at radius 2 is 1.61 bits per heavy atom. The lowest BCUT2D eigenvalue weighted by Gasteiger charge is -2.37. The Balaban J connectivity index is 2.15. The average Bonchev–Trinajstić information content (AvgIpc) is 2.59. The highest BCUT2D eigenvalue weighted by Gasteiger charge is 2.36. The van der Waals surface area contributed by atoms with Crippen molar-refractivity contribution >= 4 is 12.9 Å². The summed E-state index contributed by atoms with van der Waals surface area (Å²) in [7, 11) is 1.46. The van der Waals surface area contributed by atoms with Crippen molar-refractivity contribution in [2.24, 2.45) is 0 Å². The second-order valence-electron chi connectivity index (χ2n) is 7.30. The number of alkyl halides is 3. The van der Waals surface area contributed by atoms with E-state index in [-0.39, 0.29) is 17.1 Å². The van der Waals surface area contributed by atoms with Crippen LogP contribution in [-0.4, -0.2) is 23.8 Å². The summed E-state index contributed by atoms with van der Waals surface area (Å²) in [5, 5.41) is 18.9. The first-order chi connectivity index (χ1) is 12.8. The summed E-state index contributed by atoms with van der Waals surface area (Å²) < 4.78 is 50.6. The van der Waals surface area contributed by atoms with Crippen molar-refractivity contribution in [3.63, 3.8) is 0 Å². The highest BCUT2D eigenvalue weighted by Crippen LogP contribution is 2.38. The van der Waals surface area contributed by atoms with E-state index >= 15 is 0 Å². The van der Waals surface area contributed by atoms with E-state index < -0.39 is 22.9 Å². The van der Waals surface area contributed by atoms with Crippen molar-refractivity contribution in [2.45, 2.75) is 45.1 Å². The Morgan fingerprint density at radius 3 is 2.11 bits per heavy atom. The van der Waals surface area contributed by atoms with E-state index in [2.05, 4.69) is 0 Å². The fraction of sp³-hybridized carbons (Fsp3) is 0.350. The quantitative estimate of drug-likeness (QED) is 0.752. The van der Waals surface area contributed by atoms with Crippen LogP contribution in [0.15, 0.2) is 42.5 Å². The molecule has 0 aliphatic heterocycles. The van der Waals surface area contributed by atoms with Gasteiger partial charge >= 0.3 is 13.7 Å². The predicted octanol–water partition coefficient (Wildman–Crippen LogP) is 4.18. The topological polar surface area (TPSA) is 62.5 Å². The van der Waals surface area contributed by atoms with Crippen LogP contribution in [0.25, 0.3) is 0 Å². The fourth-order valence-corrected chi connectivity index (χ4v) is 2.01. The lowest BCUT2D eigenvalue weighted by Crippen LogP contribution is -2.49. The van der Waals surface area contributed by atoms with Gasteiger partial charge in [0.15, 0.2) is 0 Å².